The predicted octanol–water partition coefficient (Wildman–Crippen LogP) is 9.16. The maximum atomic E-state index is 14.6. The van der Waals surface area contributed by atoms with E-state index in [0.717, 1.165) is 48.6 Å². The van der Waals surface area contributed by atoms with Crippen LogP contribution in [0.3, 0.4) is 0 Å². The molecule has 1 atom stereocenters. The second kappa shape index (κ2) is 19.0. The van der Waals surface area contributed by atoms with Crippen LogP contribution in [0.5, 0.6) is 0 Å². The van der Waals surface area contributed by atoms with Crippen LogP contribution in [0.1, 0.15) is 41.6 Å². The molecule has 1 aromatic heterocycles. The van der Waals surface area contributed by atoms with Gasteiger partial charge in [-0.3, -0.25) is 14.5 Å². The number of halogens is 4. The molecule has 0 saturated carbocycles. The highest BCUT2D eigenvalue weighted by Gasteiger charge is 2.36. The van der Waals surface area contributed by atoms with E-state index in [4.69, 9.17) is 11.6 Å². The quantitative estimate of drug-likeness (QED) is 0.100. The van der Waals surface area contributed by atoms with Crippen LogP contribution in [-0.2, 0) is 35.7 Å². The SMILES string of the molecule is CN(C)CCC(CSc1ccccc1)Nc1ccc(S(=O)(=O)Nc2ncnc3c2CCN(C2CCN(Cc4ccccc4-c4ccc(Cl)cc4)CC2)C3)cc1C(F)(F)F. The summed E-state index contributed by atoms with van der Waals surface area (Å²) >= 11 is 7.69. The lowest BCUT2D eigenvalue weighted by molar-refractivity contribution is -0.137. The molecule has 4 aromatic carbocycles. The number of nitrogens with zero attached hydrogens (tertiary/aromatic N) is 5. The van der Waals surface area contributed by atoms with E-state index in [1.54, 1.807) is 11.8 Å². The van der Waals surface area contributed by atoms with Crippen molar-refractivity contribution in [2.75, 3.05) is 56.1 Å². The standard InChI is InChI=1S/C44H49ClF3N7O2S2/c1-53(2)22-18-34(29-58-36-9-4-3-5-10-36)51-41-17-16-37(26-40(41)44(46,47)48)59(56,57)52-43-39-21-25-55(28-42(39)49-30-50-43)35-19-23-54(24-20-35)27-32-8-6-7-11-38(32)31-12-14-33(45)15-13-31/h3-17,26,30,34-35,51H,18-25,27-29H2,1-2H3,(H,49,50,52). The lowest BCUT2D eigenvalue weighted by atomic mass is 9.96. The number of fused-ring (bicyclic) bond motifs is 1. The molecule has 2 aliphatic heterocycles. The van der Waals surface area contributed by atoms with Crippen LogP contribution >= 0.6 is 23.4 Å². The smallest absolute Gasteiger partial charge is 0.381 e. The van der Waals surface area contributed by atoms with Gasteiger partial charge in [-0.15, -0.1) is 11.8 Å². The molecule has 3 heterocycles. The summed E-state index contributed by atoms with van der Waals surface area (Å²) in [5, 5.41) is 3.80. The predicted molar refractivity (Wildman–Crippen MR) is 231 cm³/mol. The first-order chi connectivity index (χ1) is 28.3. The highest BCUT2D eigenvalue weighted by Crippen LogP contribution is 2.38. The van der Waals surface area contributed by atoms with Gasteiger partial charge in [0.05, 0.1) is 16.2 Å². The molecule has 15 heteroatoms. The van der Waals surface area contributed by atoms with Crippen molar-refractivity contribution in [3.8, 4) is 11.1 Å². The van der Waals surface area contributed by atoms with Gasteiger partial charge < -0.3 is 10.2 Å². The van der Waals surface area contributed by atoms with Crippen molar-refractivity contribution in [1.82, 2.24) is 24.7 Å². The zero-order chi connectivity index (χ0) is 41.6. The first kappa shape index (κ1) is 42.9. The lowest BCUT2D eigenvalue weighted by Gasteiger charge is -2.40. The second-order valence-electron chi connectivity index (χ2n) is 15.4. The fourth-order valence-electron chi connectivity index (χ4n) is 7.81. The lowest BCUT2D eigenvalue weighted by Crippen LogP contribution is -2.46. The number of thioether (sulfide) groups is 1. The highest BCUT2D eigenvalue weighted by atomic mass is 35.5. The Morgan fingerprint density at radius 1 is 0.932 bits per heavy atom. The average Bonchev–Trinajstić information content (AvgIpc) is 3.22. The van der Waals surface area contributed by atoms with Gasteiger partial charge in [0.2, 0.25) is 0 Å². The number of hydrogen-bond acceptors (Lipinski definition) is 9. The molecular weight excluding hydrogens is 815 g/mol. The molecule has 2 N–H and O–H groups in total. The molecule has 5 aromatic rings. The van der Waals surface area contributed by atoms with Gasteiger partial charge in [-0.05, 0) is 119 Å². The maximum absolute atomic E-state index is 14.6. The third kappa shape index (κ3) is 11.2. The van der Waals surface area contributed by atoms with Crippen LogP contribution in [-0.4, -0.2) is 91.2 Å². The summed E-state index contributed by atoms with van der Waals surface area (Å²) < 4.78 is 73.7. The fraction of sp³-hybridized carbons (Fsp3) is 0.364. The summed E-state index contributed by atoms with van der Waals surface area (Å²) in [4.78, 5) is 16.2. The Labute approximate surface area is 354 Å². The van der Waals surface area contributed by atoms with Gasteiger partial charge in [-0.2, -0.15) is 13.2 Å². The van der Waals surface area contributed by atoms with E-state index < -0.39 is 26.7 Å². The first-order valence-corrected chi connectivity index (χ1v) is 22.6. The van der Waals surface area contributed by atoms with Gasteiger partial charge in [-0.25, -0.2) is 18.4 Å². The zero-order valence-electron chi connectivity index (χ0n) is 33.1. The van der Waals surface area contributed by atoms with Crippen LogP contribution in [0.25, 0.3) is 11.1 Å². The fourth-order valence-corrected chi connectivity index (χ4v) is 10.00. The van der Waals surface area contributed by atoms with E-state index in [2.05, 4.69) is 66.2 Å². The summed E-state index contributed by atoms with van der Waals surface area (Å²) in [6, 6.07) is 29.2. The topological polar surface area (TPSA) is 93.7 Å². The molecule has 7 rings (SSSR count). The van der Waals surface area contributed by atoms with E-state index in [1.165, 1.54) is 29.6 Å². The third-order valence-corrected chi connectivity index (χ3v) is 13.8. The Bertz CT molecular complexity index is 2290. The molecule has 1 fully saturated rings. The normalized spacial score (nSPS) is 16.2. The highest BCUT2D eigenvalue weighted by molar-refractivity contribution is 7.99. The molecule has 0 aliphatic carbocycles. The van der Waals surface area contributed by atoms with Crippen molar-refractivity contribution in [2.45, 2.75) is 66.8 Å². The molecule has 0 spiro atoms. The van der Waals surface area contributed by atoms with Crippen molar-refractivity contribution in [2.24, 2.45) is 0 Å². The van der Waals surface area contributed by atoms with Crippen molar-refractivity contribution in [3.63, 3.8) is 0 Å². The largest absolute Gasteiger partial charge is 0.418 e. The summed E-state index contributed by atoms with van der Waals surface area (Å²) in [5.74, 6) is 0.619. The third-order valence-electron chi connectivity index (χ3n) is 11.0. The Kier molecular flexibility index (Phi) is 13.8. The zero-order valence-corrected chi connectivity index (χ0v) is 35.5. The molecule has 59 heavy (non-hydrogen) atoms. The van der Waals surface area contributed by atoms with E-state index >= 15 is 0 Å². The number of hydrogen-bond donors (Lipinski definition) is 2. The van der Waals surface area contributed by atoms with Crippen LogP contribution < -0.4 is 10.0 Å². The van der Waals surface area contributed by atoms with Crippen molar-refractivity contribution in [1.29, 1.82) is 0 Å². The molecule has 312 valence electrons. The average molecular weight is 865 g/mol. The number of rotatable bonds is 15. The number of alkyl halides is 3. The monoisotopic (exact) mass is 863 g/mol. The number of sulfonamides is 1. The second-order valence-corrected chi connectivity index (χ2v) is 18.6. The van der Waals surface area contributed by atoms with Crippen LogP contribution in [0.4, 0.5) is 24.7 Å². The molecule has 9 nitrogen and oxygen atoms in total. The van der Waals surface area contributed by atoms with E-state index in [-0.39, 0.29) is 17.5 Å². The van der Waals surface area contributed by atoms with E-state index in [0.29, 0.717) is 60.9 Å². The summed E-state index contributed by atoms with van der Waals surface area (Å²) in [7, 11) is -0.609. The van der Waals surface area contributed by atoms with Crippen molar-refractivity contribution in [3.05, 3.63) is 131 Å². The molecule has 0 radical (unpaired) electrons. The van der Waals surface area contributed by atoms with Crippen molar-refractivity contribution >= 4 is 44.9 Å². The summed E-state index contributed by atoms with van der Waals surface area (Å²) in [5.41, 5.74) is 3.79. The van der Waals surface area contributed by atoms with E-state index in [1.807, 2.05) is 61.5 Å². The number of benzene rings is 4. The molecule has 1 unspecified atom stereocenters. The van der Waals surface area contributed by atoms with Crippen LogP contribution in [0.15, 0.2) is 113 Å². The molecule has 2 aliphatic rings. The minimum absolute atomic E-state index is 0.0984. The molecule has 1 saturated heterocycles. The first-order valence-electron chi connectivity index (χ1n) is 19.8. The Hall–Kier alpha value is -4.18. The van der Waals surface area contributed by atoms with Gasteiger partial charge in [0, 0.05) is 58.6 Å². The Morgan fingerprint density at radius 3 is 2.39 bits per heavy atom. The number of anilines is 2. The summed E-state index contributed by atoms with van der Waals surface area (Å²) in [6.07, 6.45) is -0.426. The minimum atomic E-state index is -4.80. The van der Waals surface area contributed by atoms with Crippen molar-refractivity contribution < 1.29 is 21.6 Å². The number of aromatic nitrogens is 2. The van der Waals surface area contributed by atoms with Gasteiger partial charge in [0.1, 0.15) is 12.1 Å². The maximum Gasteiger partial charge on any atom is 0.418 e. The molecular formula is C44H49ClF3N7O2S2. The van der Waals surface area contributed by atoms with Gasteiger partial charge in [0.15, 0.2) is 0 Å². The minimum Gasteiger partial charge on any atom is -0.381 e. The molecule has 0 bridgehead atoms. The van der Waals surface area contributed by atoms with Crippen LogP contribution in [0, 0.1) is 0 Å². The number of likely N-dealkylation sites (tertiary alicyclic amines) is 1. The van der Waals surface area contributed by atoms with E-state index in [9.17, 15) is 21.6 Å². The van der Waals surface area contributed by atoms with Gasteiger partial charge in [0.25, 0.3) is 10.0 Å². The Balaban J connectivity index is 0.998. The number of piperidine rings is 1. The van der Waals surface area contributed by atoms with Gasteiger partial charge >= 0.3 is 6.18 Å². The van der Waals surface area contributed by atoms with Gasteiger partial charge in [-0.1, -0.05) is 66.2 Å². The summed E-state index contributed by atoms with van der Waals surface area (Å²) in [6.45, 7) is 4.61. The molecule has 0 amide bonds. The van der Waals surface area contributed by atoms with Crippen LogP contribution in [0.2, 0.25) is 5.02 Å². The number of nitrogens with one attached hydrogen (secondary N) is 2. The Morgan fingerprint density at radius 2 is 1.66 bits per heavy atom.